The van der Waals surface area contributed by atoms with Gasteiger partial charge in [-0.15, -0.1) is 0 Å². The number of carboxylic acids is 1. The molecule has 110 valence electrons. The molecule has 0 aliphatic rings. The fourth-order valence-electron chi connectivity index (χ4n) is 2.25. The van der Waals surface area contributed by atoms with Crippen LogP contribution in [0, 0.1) is 0 Å². The van der Waals surface area contributed by atoms with Gasteiger partial charge in [0.25, 0.3) is 0 Å². The molecule has 0 aromatic heterocycles. The van der Waals surface area contributed by atoms with Gasteiger partial charge in [-0.05, 0) is 27.2 Å². The molecule has 0 aliphatic carbocycles. The number of hydrogen-bond donors (Lipinski definition) is 1. The van der Waals surface area contributed by atoms with Crippen molar-refractivity contribution in [2.24, 2.45) is 0 Å². The Balaban J connectivity index is 4.40. The van der Waals surface area contributed by atoms with Crippen LogP contribution in [0.1, 0.15) is 33.6 Å². The first-order chi connectivity index (χ1) is 8.45. The fourth-order valence-corrected chi connectivity index (χ4v) is 2.25. The monoisotopic (exact) mass is 270 g/mol. The van der Waals surface area contributed by atoms with Gasteiger partial charge in [0, 0.05) is 18.0 Å². The second-order valence-corrected chi connectivity index (χ2v) is 6.41. The van der Waals surface area contributed by atoms with Gasteiger partial charge in [0.15, 0.2) is 0 Å². The molecular formula is C14H26N2O3. The maximum atomic E-state index is 11.6. The van der Waals surface area contributed by atoms with Gasteiger partial charge in [-0.1, -0.05) is 6.58 Å². The van der Waals surface area contributed by atoms with E-state index >= 15 is 0 Å². The van der Waals surface area contributed by atoms with Crippen LogP contribution in [0.4, 0.5) is 0 Å². The fraction of sp³-hybridized carbons (Fsp3) is 0.714. The van der Waals surface area contributed by atoms with Gasteiger partial charge in [0.1, 0.15) is 6.54 Å². The van der Waals surface area contributed by atoms with E-state index in [1.165, 1.54) is 0 Å². The highest BCUT2D eigenvalue weighted by Crippen LogP contribution is 2.12. The van der Waals surface area contributed by atoms with Crippen LogP contribution in [-0.4, -0.2) is 49.1 Å². The van der Waals surface area contributed by atoms with Gasteiger partial charge in [-0.2, -0.15) is 0 Å². The number of rotatable bonds is 8. The highest BCUT2D eigenvalue weighted by molar-refractivity contribution is 5.92. The molecule has 0 unspecified atom stereocenters. The van der Waals surface area contributed by atoms with Crippen molar-refractivity contribution in [2.45, 2.75) is 39.2 Å². The Bertz CT molecular complexity index is 360. The summed E-state index contributed by atoms with van der Waals surface area (Å²) >= 11 is 0. The number of nitrogens with zero attached hydrogens (tertiary/aromatic N) is 1. The summed E-state index contributed by atoms with van der Waals surface area (Å²) in [6, 6.07) is 0. The highest BCUT2D eigenvalue weighted by Gasteiger charge is 2.29. The summed E-state index contributed by atoms with van der Waals surface area (Å²) in [6.45, 7) is 10.6. The van der Waals surface area contributed by atoms with Crippen LogP contribution in [0.3, 0.4) is 0 Å². The molecule has 5 nitrogen and oxygen atoms in total. The SMILES string of the molecule is C=C(C)C(=O)NC(C)(C)C[N+](C)(C)CCCC(=O)[O-]. The van der Waals surface area contributed by atoms with Crippen molar-refractivity contribution in [1.29, 1.82) is 0 Å². The summed E-state index contributed by atoms with van der Waals surface area (Å²) in [4.78, 5) is 22.1. The van der Waals surface area contributed by atoms with Gasteiger partial charge in [0.05, 0.1) is 26.2 Å². The van der Waals surface area contributed by atoms with Crippen molar-refractivity contribution in [3.05, 3.63) is 12.2 Å². The molecule has 1 amide bonds. The number of nitrogens with one attached hydrogen (secondary N) is 1. The Hall–Kier alpha value is -1.36. The Kier molecular flexibility index (Phi) is 6.22. The molecule has 0 radical (unpaired) electrons. The second-order valence-electron chi connectivity index (χ2n) is 6.41. The van der Waals surface area contributed by atoms with Crippen molar-refractivity contribution >= 4 is 11.9 Å². The topological polar surface area (TPSA) is 69.2 Å². The molecule has 0 rings (SSSR count). The first kappa shape index (κ1) is 17.6. The molecule has 1 N–H and O–H groups in total. The Morgan fingerprint density at radius 2 is 1.84 bits per heavy atom. The predicted octanol–water partition coefficient (Wildman–Crippen LogP) is 0.0638. The Morgan fingerprint density at radius 1 is 1.32 bits per heavy atom. The minimum Gasteiger partial charge on any atom is -0.550 e. The van der Waals surface area contributed by atoms with E-state index in [0.717, 1.165) is 6.54 Å². The lowest BCUT2D eigenvalue weighted by Gasteiger charge is -2.38. The first-order valence-corrected chi connectivity index (χ1v) is 6.45. The number of aliphatic carboxylic acids is 1. The number of quaternary nitrogens is 1. The van der Waals surface area contributed by atoms with Crippen molar-refractivity contribution < 1.29 is 19.2 Å². The number of carbonyl (C=O) groups excluding carboxylic acids is 2. The van der Waals surface area contributed by atoms with Crippen LogP contribution in [0.15, 0.2) is 12.2 Å². The van der Waals surface area contributed by atoms with Gasteiger partial charge in [0.2, 0.25) is 5.91 Å². The normalized spacial score (nSPS) is 12.1. The van der Waals surface area contributed by atoms with Crippen LogP contribution in [0.5, 0.6) is 0 Å². The number of carbonyl (C=O) groups is 2. The van der Waals surface area contributed by atoms with Crippen molar-refractivity contribution in [2.75, 3.05) is 27.2 Å². The number of amides is 1. The molecule has 19 heavy (non-hydrogen) atoms. The number of carboxylic acid groups (broad SMARTS) is 1. The highest BCUT2D eigenvalue weighted by atomic mass is 16.4. The molecule has 0 atom stereocenters. The lowest BCUT2D eigenvalue weighted by atomic mass is 10.0. The molecule has 5 heteroatoms. The minimum atomic E-state index is -1.02. The average Bonchev–Trinajstić information content (AvgIpc) is 2.12. The molecule has 0 bridgehead atoms. The van der Waals surface area contributed by atoms with E-state index in [9.17, 15) is 14.7 Å². The average molecular weight is 270 g/mol. The smallest absolute Gasteiger partial charge is 0.246 e. The summed E-state index contributed by atoms with van der Waals surface area (Å²) in [5.74, 6) is -1.17. The first-order valence-electron chi connectivity index (χ1n) is 6.45. The minimum absolute atomic E-state index is 0.0697. The molecular weight excluding hydrogens is 244 g/mol. The number of hydrogen-bond acceptors (Lipinski definition) is 3. The molecule has 0 spiro atoms. The zero-order chi connectivity index (χ0) is 15.3. The van der Waals surface area contributed by atoms with Crippen LogP contribution in [0.2, 0.25) is 0 Å². The van der Waals surface area contributed by atoms with Gasteiger partial charge >= 0.3 is 0 Å². The lowest BCUT2D eigenvalue weighted by molar-refractivity contribution is -0.893. The molecule has 0 aliphatic heterocycles. The third kappa shape index (κ3) is 8.37. The van der Waals surface area contributed by atoms with E-state index in [4.69, 9.17) is 0 Å². The zero-order valence-electron chi connectivity index (χ0n) is 12.7. The van der Waals surface area contributed by atoms with E-state index in [1.807, 2.05) is 27.9 Å². The van der Waals surface area contributed by atoms with Crippen LogP contribution in [0.25, 0.3) is 0 Å². The molecule has 0 aromatic rings. The summed E-state index contributed by atoms with van der Waals surface area (Å²) in [6.07, 6.45) is 0.639. The third-order valence-corrected chi connectivity index (χ3v) is 2.81. The maximum absolute atomic E-state index is 11.6. The zero-order valence-corrected chi connectivity index (χ0v) is 12.7. The molecule has 0 saturated heterocycles. The lowest BCUT2D eigenvalue weighted by Crippen LogP contribution is -2.57. The third-order valence-electron chi connectivity index (χ3n) is 2.81. The quantitative estimate of drug-likeness (QED) is 0.501. The largest absolute Gasteiger partial charge is 0.550 e. The van der Waals surface area contributed by atoms with Crippen LogP contribution >= 0.6 is 0 Å². The Morgan fingerprint density at radius 3 is 2.26 bits per heavy atom. The number of likely N-dealkylation sites (N-methyl/N-ethyl adjacent to an activating group) is 1. The van der Waals surface area contributed by atoms with E-state index in [2.05, 4.69) is 11.9 Å². The van der Waals surface area contributed by atoms with Crippen LogP contribution in [-0.2, 0) is 9.59 Å². The molecule has 0 heterocycles. The second kappa shape index (κ2) is 6.70. The molecule has 0 fully saturated rings. The van der Waals surface area contributed by atoms with Crippen molar-refractivity contribution in [3.8, 4) is 0 Å². The van der Waals surface area contributed by atoms with Gasteiger partial charge in [-0.25, -0.2) is 0 Å². The van der Waals surface area contributed by atoms with Crippen molar-refractivity contribution in [3.63, 3.8) is 0 Å². The Labute approximate surface area is 115 Å². The summed E-state index contributed by atoms with van der Waals surface area (Å²) < 4.78 is 0.636. The molecule has 0 saturated carbocycles. The summed E-state index contributed by atoms with van der Waals surface area (Å²) in [5.41, 5.74) is 0.108. The standard InChI is InChI=1S/C14H26N2O3/c1-11(2)13(19)15-14(3,4)10-16(5,6)9-7-8-12(17)18/h1,7-10H2,2-6H3,(H-,15,17,18,19). The van der Waals surface area contributed by atoms with Gasteiger partial charge in [-0.3, -0.25) is 4.79 Å². The van der Waals surface area contributed by atoms with Crippen molar-refractivity contribution in [1.82, 2.24) is 5.32 Å². The van der Waals surface area contributed by atoms with E-state index in [0.29, 0.717) is 23.0 Å². The van der Waals surface area contributed by atoms with E-state index in [-0.39, 0.29) is 17.9 Å². The summed E-state index contributed by atoms with van der Waals surface area (Å²) in [7, 11) is 4.04. The van der Waals surface area contributed by atoms with E-state index < -0.39 is 5.97 Å². The van der Waals surface area contributed by atoms with Crippen LogP contribution < -0.4 is 10.4 Å². The summed E-state index contributed by atoms with van der Waals surface area (Å²) in [5, 5.41) is 13.3. The maximum Gasteiger partial charge on any atom is 0.246 e. The van der Waals surface area contributed by atoms with Gasteiger partial charge < -0.3 is 19.7 Å². The predicted molar refractivity (Wildman–Crippen MR) is 73.1 cm³/mol. The van der Waals surface area contributed by atoms with E-state index in [1.54, 1.807) is 6.92 Å². The molecule has 0 aromatic carbocycles.